The van der Waals surface area contributed by atoms with E-state index in [0.29, 0.717) is 59.3 Å². The molecule has 6 bridgehead atoms. The van der Waals surface area contributed by atoms with Gasteiger partial charge in [0.05, 0.1) is 34.7 Å². The van der Waals surface area contributed by atoms with Crippen molar-refractivity contribution in [1.29, 1.82) is 0 Å². The molecule has 7 fully saturated rings. The fourth-order valence-electron chi connectivity index (χ4n) is 11.1. The summed E-state index contributed by atoms with van der Waals surface area (Å²) in [6.45, 7) is 17.6. The van der Waals surface area contributed by atoms with Gasteiger partial charge in [0.1, 0.15) is 29.0 Å². The molecule has 27 heteroatoms. The SMILES string of the molecule is CCC(C)(C)C(=O)OC(C)(C)C(O)(C(F)(F)F)C(F)(F)F.CCC(C)(C)C(=O)OC12CC3CC(CC(C)=O)(CC(OC(=O)C(F)(F)F)(C3)C1)C2.CCC(C)(C)C(=O)OC12CC3OC1C(C(=O)O2)C3C(=O)OC(C)C(F)(F)F. The van der Waals surface area contributed by atoms with Crippen molar-refractivity contribution >= 4 is 41.6 Å². The highest BCUT2D eigenvalue weighted by Gasteiger charge is 2.79. The summed E-state index contributed by atoms with van der Waals surface area (Å²) in [6, 6.07) is 0. The van der Waals surface area contributed by atoms with Gasteiger partial charge in [0.2, 0.25) is 0 Å². The number of esters is 6. The van der Waals surface area contributed by atoms with E-state index in [2.05, 4.69) is 9.47 Å². The predicted molar refractivity (Wildman–Crippen MR) is 239 cm³/mol. The third-order valence-corrected chi connectivity index (χ3v) is 16.1. The first-order valence-corrected chi connectivity index (χ1v) is 24.9. The zero-order valence-corrected chi connectivity index (χ0v) is 44.9. The first-order valence-electron chi connectivity index (χ1n) is 24.9. The second-order valence-corrected chi connectivity index (χ2v) is 23.9. The fourth-order valence-corrected chi connectivity index (χ4v) is 11.1. The monoisotopic (exact) mass is 1140 g/mol. The van der Waals surface area contributed by atoms with Gasteiger partial charge in [-0.25, -0.2) is 4.79 Å². The van der Waals surface area contributed by atoms with Crippen LogP contribution in [0.4, 0.5) is 52.7 Å². The summed E-state index contributed by atoms with van der Waals surface area (Å²) in [5, 5.41) is 9.27. The third kappa shape index (κ3) is 12.9. The maximum Gasteiger partial charge on any atom is 0.490 e. The number of rotatable bonds is 15. The van der Waals surface area contributed by atoms with Crippen LogP contribution in [0.3, 0.4) is 0 Å². The van der Waals surface area contributed by atoms with Crippen LogP contribution >= 0.6 is 0 Å². The van der Waals surface area contributed by atoms with Gasteiger partial charge >= 0.3 is 60.5 Å². The molecule has 442 valence electrons. The Morgan fingerprint density at radius 3 is 1.51 bits per heavy atom. The van der Waals surface area contributed by atoms with Gasteiger partial charge in [-0.2, -0.15) is 52.7 Å². The highest BCUT2D eigenvalue weighted by atomic mass is 19.4. The van der Waals surface area contributed by atoms with Crippen molar-refractivity contribution in [3.63, 3.8) is 0 Å². The van der Waals surface area contributed by atoms with Gasteiger partial charge in [0.15, 0.2) is 11.7 Å². The summed E-state index contributed by atoms with van der Waals surface area (Å²) in [5.74, 6) is -10.6. The molecule has 1 N–H and O–H groups in total. The number of halogens is 12. The second-order valence-electron chi connectivity index (χ2n) is 23.9. The Morgan fingerprint density at radius 2 is 1.09 bits per heavy atom. The van der Waals surface area contributed by atoms with Gasteiger partial charge in [-0.3, -0.25) is 24.0 Å². The van der Waals surface area contributed by atoms with E-state index in [1.54, 1.807) is 34.6 Å². The van der Waals surface area contributed by atoms with Crippen LogP contribution in [0.25, 0.3) is 0 Å². The molecule has 3 heterocycles. The van der Waals surface area contributed by atoms with Crippen molar-refractivity contribution in [2.75, 3.05) is 0 Å². The molecule has 0 aromatic heterocycles. The van der Waals surface area contributed by atoms with Crippen molar-refractivity contribution < 1.29 is 125 Å². The van der Waals surface area contributed by atoms with Crippen molar-refractivity contribution in [2.24, 2.45) is 39.4 Å². The van der Waals surface area contributed by atoms with E-state index in [1.165, 1.54) is 27.7 Å². The second kappa shape index (κ2) is 20.9. The Balaban J connectivity index is 0.000000253. The molecule has 15 nitrogen and oxygen atoms in total. The zero-order valence-electron chi connectivity index (χ0n) is 44.9. The van der Waals surface area contributed by atoms with Crippen molar-refractivity contribution in [2.45, 2.75) is 232 Å². The molecule has 3 aliphatic heterocycles. The van der Waals surface area contributed by atoms with Crippen LogP contribution in [0.5, 0.6) is 0 Å². The van der Waals surface area contributed by atoms with Crippen molar-refractivity contribution in [3.05, 3.63) is 0 Å². The molecule has 4 saturated carbocycles. The van der Waals surface area contributed by atoms with Crippen LogP contribution in [-0.2, 0) is 66.7 Å². The van der Waals surface area contributed by atoms with Gasteiger partial charge in [-0.15, -0.1) is 0 Å². The number of carbonyl (C=O) groups is 7. The summed E-state index contributed by atoms with van der Waals surface area (Å²) in [6.07, 6.45) is -22.8. The Bertz CT molecular complexity index is 2270. The zero-order chi connectivity index (χ0) is 59.7. The average Bonchev–Trinajstić information content (AvgIpc) is 3.84. The fraction of sp³-hybridized carbons (Fsp3) is 0.860. The van der Waals surface area contributed by atoms with Crippen LogP contribution in [0, 0.1) is 39.4 Å². The molecular weight excluding hydrogens is 1070 g/mol. The quantitative estimate of drug-likeness (QED) is 0.0920. The highest BCUT2D eigenvalue weighted by Crippen LogP contribution is 2.67. The minimum absolute atomic E-state index is 0.0517. The van der Waals surface area contributed by atoms with Gasteiger partial charge in [0, 0.05) is 12.8 Å². The van der Waals surface area contributed by atoms with E-state index >= 15 is 0 Å². The summed E-state index contributed by atoms with van der Waals surface area (Å²) in [5.41, 5.74) is -14.2. The van der Waals surface area contributed by atoms with Crippen molar-refractivity contribution in [3.8, 4) is 0 Å². The molecule has 10 unspecified atom stereocenters. The van der Waals surface area contributed by atoms with Crippen LogP contribution < -0.4 is 0 Å². The number of ketones is 1. The molecule has 7 rings (SSSR count). The maximum absolute atomic E-state index is 12.9. The van der Waals surface area contributed by atoms with Gasteiger partial charge < -0.3 is 43.1 Å². The topological polar surface area (TPSA) is 204 Å². The van der Waals surface area contributed by atoms with E-state index in [4.69, 9.17) is 23.7 Å². The number of alkyl halides is 12. The predicted octanol–water partition coefficient (Wildman–Crippen LogP) is 10.2. The smallest absolute Gasteiger partial charge is 0.458 e. The van der Waals surface area contributed by atoms with E-state index in [0.717, 1.165) is 0 Å². The average molecular weight is 1140 g/mol. The lowest BCUT2D eigenvalue weighted by Crippen LogP contribution is -2.70. The summed E-state index contributed by atoms with van der Waals surface area (Å²) >= 11 is 0. The van der Waals surface area contributed by atoms with E-state index in [1.807, 2.05) is 6.92 Å². The molecule has 0 radical (unpaired) electrons. The van der Waals surface area contributed by atoms with Crippen LogP contribution in [-0.4, -0.2) is 118 Å². The number of aliphatic hydroxyl groups is 1. The molecule has 0 aromatic rings. The third-order valence-electron chi connectivity index (χ3n) is 16.1. The van der Waals surface area contributed by atoms with Crippen molar-refractivity contribution in [1.82, 2.24) is 0 Å². The number of hydrogen-bond acceptors (Lipinski definition) is 15. The Hall–Kier alpha value is -4.43. The van der Waals surface area contributed by atoms with E-state index in [9.17, 15) is 91.4 Å². The molecular formula is C50H68F12O15. The lowest BCUT2D eigenvalue weighted by atomic mass is 9.45. The lowest BCUT2D eigenvalue weighted by Gasteiger charge is -2.65. The highest BCUT2D eigenvalue weighted by molar-refractivity contribution is 5.87. The van der Waals surface area contributed by atoms with Crippen LogP contribution in [0.1, 0.15) is 161 Å². The van der Waals surface area contributed by atoms with Crippen LogP contribution in [0.2, 0.25) is 0 Å². The van der Waals surface area contributed by atoms with E-state index < -0.39 is 141 Å². The molecule has 0 amide bonds. The van der Waals surface area contributed by atoms with Gasteiger partial charge in [-0.1, -0.05) is 20.8 Å². The minimum atomic E-state index is -6.06. The van der Waals surface area contributed by atoms with E-state index in [-0.39, 0.29) is 43.8 Å². The molecule has 3 saturated heterocycles. The Labute approximate surface area is 436 Å². The molecule has 0 aromatic carbocycles. The normalized spacial score (nSPS) is 30.2. The standard InChI is InChI=1S/C21H29F3O5.C17H21F3O7.C12H18F6O3/c1-5-17(3,4)15(26)28-19-8-14-7-18(10-19,6-13(2)25)11-20(9-14,12-19)29-16(27)21(22,23)24;1-5-15(3,4)14(23)27-16-6-8-9(10(11(16)25-8)13(22)26-16)12(21)24-7(2)17(18,19)20;1-6-8(2,3)7(19)21-9(4,5)10(20,11(13,14)15)12(16,17)18/h14H,5-12H2,1-4H3;7-11H,5-6H2,1-4H3;20H,6H2,1-5H3. The summed E-state index contributed by atoms with van der Waals surface area (Å²) in [4.78, 5) is 85.1. The Morgan fingerprint density at radius 1 is 0.649 bits per heavy atom. The molecule has 4 aliphatic carbocycles. The molecule has 0 spiro atoms. The molecule has 77 heavy (non-hydrogen) atoms. The molecule has 7 aliphatic rings. The Kier molecular flexibility index (Phi) is 17.7. The summed E-state index contributed by atoms with van der Waals surface area (Å²) < 4.78 is 190. The summed E-state index contributed by atoms with van der Waals surface area (Å²) in [7, 11) is 0. The van der Waals surface area contributed by atoms with Gasteiger partial charge in [-0.05, 0) is 132 Å². The maximum atomic E-state index is 12.9. The number of Topliss-reactive ketones (excluding diaryl/α,β-unsaturated/α-hetero) is 1. The number of ether oxygens (including phenoxy) is 7. The largest absolute Gasteiger partial charge is 0.490 e. The first kappa shape index (κ1) is 65.1. The van der Waals surface area contributed by atoms with Crippen LogP contribution in [0.15, 0.2) is 0 Å². The lowest BCUT2D eigenvalue weighted by molar-refractivity contribution is -0.408. The number of hydrogen-bond donors (Lipinski definition) is 1. The minimum Gasteiger partial charge on any atom is -0.458 e. The number of carbonyl (C=O) groups excluding carboxylic acids is 7. The first-order chi connectivity index (χ1) is 34.4. The van der Waals surface area contributed by atoms with Gasteiger partial charge in [0.25, 0.3) is 11.4 Å². The molecule has 10 atom stereocenters. The number of fused-ring (bicyclic) bond motifs is 1.